The molecule has 5 heteroatoms. The molecule has 80 valence electrons. The first-order valence-electron chi connectivity index (χ1n) is 4.54. The third kappa shape index (κ3) is 2.52. The van der Waals surface area contributed by atoms with Crippen LogP contribution in [-0.4, -0.2) is 14.7 Å². The first-order valence-corrected chi connectivity index (χ1v) is 7.03. The monoisotopic (exact) mass is 302 g/mol. The van der Waals surface area contributed by atoms with E-state index in [1.165, 1.54) is 4.70 Å². The van der Waals surface area contributed by atoms with E-state index in [4.69, 9.17) is 0 Å². The molecule has 0 saturated heterocycles. The van der Waals surface area contributed by atoms with Crippen molar-refractivity contribution < 1.29 is 0 Å². The van der Waals surface area contributed by atoms with Crippen molar-refractivity contribution in [2.75, 3.05) is 0 Å². The lowest BCUT2D eigenvalue weighted by molar-refractivity contribution is 0.800. The number of hydrogen-bond acceptors (Lipinski definition) is 4. The number of fused-ring (bicyclic) bond motifs is 1. The van der Waals surface area contributed by atoms with Crippen LogP contribution in [0.25, 0.3) is 10.2 Å². The van der Waals surface area contributed by atoms with Crippen molar-refractivity contribution in [3.8, 4) is 0 Å². The van der Waals surface area contributed by atoms with Crippen molar-refractivity contribution in [3.05, 3.63) is 16.2 Å². The molecule has 2 aromatic rings. The van der Waals surface area contributed by atoms with Gasteiger partial charge in [-0.25, -0.2) is 9.97 Å². The maximum atomic E-state index is 4.35. The second-order valence-corrected chi connectivity index (χ2v) is 7.70. The lowest BCUT2D eigenvalue weighted by Crippen LogP contribution is -2.07. The molecule has 2 nitrogen and oxygen atoms in total. The van der Waals surface area contributed by atoms with Crippen LogP contribution in [0.15, 0.2) is 21.2 Å². The van der Waals surface area contributed by atoms with Crippen molar-refractivity contribution in [1.82, 2.24) is 9.97 Å². The predicted octanol–water partition coefficient (Wildman–Crippen LogP) is 4.34. The van der Waals surface area contributed by atoms with Crippen LogP contribution >= 0.6 is 39.0 Å². The first-order chi connectivity index (χ1) is 6.97. The lowest BCUT2D eigenvalue weighted by Gasteiger charge is -2.16. The molecule has 0 aliphatic heterocycles. The van der Waals surface area contributed by atoms with Crippen LogP contribution in [0.2, 0.25) is 0 Å². The molecule has 2 aromatic heterocycles. The van der Waals surface area contributed by atoms with Crippen molar-refractivity contribution in [3.63, 3.8) is 0 Å². The normalized spacial score (nSPS) is 12.3. The quantitative estimate of drug-likeness (QED) is 0.579. The number of hydrogen-bond donors (Lipinski definition) is 0. The van der Waals surface area contributed by atoms with Gasteiger partial charge in [0.25, 0.3) is 0 Å². The molecule has 0 spiro atoms. The summed E-state index contributed by atoms with van der Waals surface area (Å²) < 4.78 is 2.41. The van der Waals surface area contributed by atoms with Crippen LogP contribution in [-0.2, 0) is 0 Å². The third-order valence-electron chi connectivity index (χ3n) is 1.68. The molecule has 2 rings (SSSR count). The summed E-state index contributed by atoms with van der Waals surface area (Å²) in [4.78, 5) is 8.62. The van der Waals surface area contributed by atoms with E-state index in [0.717, 1.165) is 15.0 Å². The number of aromatic nitrogens is 2. The van der Waals surface area contributed by atoms with Gasteiger partial charge in [0, 0.05) is 10.1 Å². The molecule has 0 N–H and O–H groups in total. The van der Waals surface area contributed by atoms with Gasteiger partial charge in [-0.1, -0.05) is 32.5 Å². The molecular formula is C10H11BrN2S2. The Bertz CT molecular complexity index is 488. The number of halogens is 1. The van der Waals surface area contributed by atoms with Gasteiger partial charge in [0.1, 0.15) is 11.4 Å². The molecular weight excluding hydrogens is 292 g/mol. The lowest BCUT2D eigenvalue weighted by atomic mass is 10.3. The zero-order valence-corrected chi connectivity index (χ0v) is 12.0. The Morgan fingerprint density at radius 2 is 2.07 bits per heavy atom. The summed E-state index contributed by atoms with van der Waals surface area (Å²) in [6, 6.07) is 0. The highest BCUT2D eigenvalue weighted by atomic mass is 79.9. The topological polar surface area (TPSA) is 25.8 Å². The Kier molecular flexibility index (Phi) is 3.05. The molecule has 0 saturated carbocycles. The summed E-state index contributed by atoms with van der Waals surface area (Å²) in [6.07, 6.45) is 1.63. The van der Waals surface area contributed by atoms with E-state index in [0.29, 0.717) is 0 Å². The number of thioether (sulfide) groups is 1. The highest BCUT2D eigenvalue weighted by Crippen LogP contribution is 2.38. The average Bonchev–Trinajstić information content (AvgIpc) is 2.47. The van der Waals surface area contributed by atoms with Crippen LogP contribution in [0.3, 0.4) is 0 Å². The number of rotatable bonds is 1. The number of nitrogens with zero attached hydrogens (tertiary/aromatic N) is 2. The highest BCUT2D eigenvalue weighted by molar-refractivity contribution is 9.10. The minimum atomic E-state index is 0.178. The molecule has 0 unspecified atom stereocenters. The van der Waals surface area contributed by atoms with Crippen molar-refractivity contribution in [2.24, 2.45) is 0 Å². The summed E-state index contributed by atoms with van der Waals surface area (Å²) in [5.74, 6) is 0. The van der Waals surface area contributed by atoms with Crippen LogP contribution in [0.4, 0.5) is 0 Å². The number of thiophene rings is 1. The molecule has 15 heavy (non-hydrogen) atoms. The molecule has 0 fully saturated rings. The Morgan fingerprint density at radius 1 is 1.33 bits per heavy atom. The van der Waals surface area contributed by atoms with Crippen molar-refractivity contribution in [1.29, 1.82) is 0 Å². The largest absolute Gasteiger partial charge is 0.234 e. The maximum Gasteiger partial charge on any atom is 0.118 e. The molecule has 0 radical (unpaired) electrons. The van der Waals surface area contributed by atoms with Gasteiger partial charge in [0.15, 0.2) is 0 Å². The third-order valence-corrected chi connectivity index (χ3v) is 4.81. The molecule has 2 heterocycles. The van der Waals surface area contributed by atoms with Gasteiger partial charge in [-0.3, -0.25) is 0 Å². The van der Waals surface area contributed by atoms with E-state index < -0.39 is 0 Å². The zero-order valence-electron chi connectivity index (χ0n) is 8.74. The standard InChI is InChI=1S/C10H11BrN2S2/c1-10(2,3)15-9-8-7(12-5-13-9)6(11)4-14-8/h4-5H,1-3H3. The van der Waals surface area contributed by atoms with Gasteiger partial charge in [0.05, 0.1) is 14.7 Å². The Morgan fingerprint density at radius 3 is 2.73 bits per heavy atom. The van der Waals surface area contributed by atoms with E-state index in [2.05, 4.69) is 52.0 Å². The molecule has 0 aliphatic rings. The summed E-state index contributed by atoms with van der Waals surface area (Å²) in [6.45, 7) is 6.57. The van der Waals surface area contributed by atoms with Gasteiger partial charge in [0.2, 0.25) is 0 Å². The van der Waals surface area contributed by atoms with E-state index in [9.17, 15) is 0 Å². The second kappa shape index (κ2) is 4.03. The van der Waals surface area contributed by atoms with Gasteiger partial charge >= 0.3 is 0 Å². The fraction of sp³-hybridized carbons (Fsp3) is 0.400. The van der Waals surface area contributed by atoms with E-state index in [1.807, 2.05) is 0 Å². The zero-order chi connectivity index (χ0) is 11.1. The summed E-state index contributed by atoms with van der Waals surface area (Å²) >= 11 is 6.96. The smallest absolute Gasteiger partial charge is 0.118 e. The molecule has 0 bridgehead atoms. The SMILES string of the molecule is CC(C)(C)Sc1ncnc2c(Br)csc12. The average molecular weight is 303 g/mol. The molecule has 0 atom stereocenters. The van der Waals surface area contributed by atoms with Gasteiger partial charge < -0.3 is 0 Å². The van der Waals surface area contributed by atoms with Gasteiger partial charge in [-0.2, -0.15) is 0 Å². The van der Waals surface area contributed by atoms with Crippen LogP contribution in [0.5, 0.6) is 0 Å². The fourth-order valence-corrected chi connectivity index (χ4v) is 3.77. The molecule has 0 aliphatic carbocycles. The summed E-state index contributed by atoms with van der Waals surface area (Å²) in [5.41, 5.74) is 1.02. The molecule has 0 amide bonds. The van der Waals surface area contributed by atoms with E-state index >= 15 is 0 Å². The maximum absolute atomic E-state index is 4.35. The van der Waals surface area contributed by atoms with Crippen LogP contribution in [0.1, 0.15) is 20.8 Å². The van der Waals surface area contributed by atoms with Gasteiger partial charge in [-0.15, -0.1) is 11.3 Å². The minimum absolute atomic E-state index is 0.178. The van der Waals surface area contributed by atoms with Crippen molar-refractivity contribution >= 4 is 49.2 Å². The Labute approximate surface area is 106 Å². The van der Waals surface area contributed by atoms with Gasteiger partial charge in [-0.05, 0) is 15.9 Å². The second-order valence-electron chi connectivity index (χ2n) is 4.15. The minimum Gasteiger partial charge on any atom is -0.234 e. The predicted molar refractivity (Wildman–Crippen MR) is 70.7 cm³/mol. The summed E-state index contributed by atoms with van der Waals surface area (Å²) in [5, 5.41) is 3.13. The summed E-state index contributed by atoms with van der Waals surface area (Å²) in [7, 11) is 0. The fourth-order valence-electron chi connectivity index (χ4n) is 1.16. The van der Waals surface area contributed by atoms with Crippen LogP contribution < -0.4 is 0 Å². The van der Waals surface area contributed by atoms with E-state index in [-0.39, 0.29) is 4.75 Å². The molecule has 0 aromatic carbocycles. The van der Waals surface area contributed by atoms with Crippen LogP contribution in [0, 0.1) is 0 Å². The Balaban J connectivity index is 2.52. The van der Waals surface area contributed by atoms with Crippen molar-refractivity contribution in [2.45, 2.75) is 30.5 Å². The first kappa shape index (κ1) is 11.4. The van der Waals surface area contributed by atoms with E-state index in [1.54, 1.807) is 29.4 Å². The highest BCUT2D eigenvalue weighted by Gasteiger charge is 2.17. The Hall–Kier alpha value is -0.130.